The van der Waals surface area contributed by atoms with Crippen molar-refractivity contribution in [3.63, 3.8) is 0 Å². The summed E-state index contributed by atoms with van der Waals surface area (Å²) in [5.74, 6) is 0.128. The maximum Gasteiger partial charge on any atom is 0.240 e. The number of nitrogens with zero attached hydrogens (tertiary/aromatic N) is 2. The van der Waals surface area contributed by atoms with Gasteiger partial charge in [-0.15, -0.1) is 0 Å². The first-order valence-electron chi connectivity index (χ1n) is 3.93. The number of nitrogen functional groups attached to an aromatic ring is 1. The van der Waals surface area contributed by atoms with E-state index in [0.29, 0.717) is 11.3 Å². The number of rotatable bonds is 3. The Morgan fingerprint density at radius 2 is 2.42 bits per heavy atom. The number of nitriles is 1. The second-order valence-corrected chi connectivity index (χ2v) is 2.58. The minimum absolute atomic E-state index is 0.128. The first kappa shape index (κ1) is 8.60. The van der Waals surface area contributed by atoms with Crippen LogP contribution in [0.25, 0.3) is 0 Å². The number of hydrogen-bond donors (Lipinski definition) is 1. The van der Waals surface area contributed by atoms with Crippen molar-refractivity contribution in [3.8, 4) is 6.07 Å². The predicted molar refractivity (Wildman–Crippen MR) is 44.2 cm³/mol. The van der Waals surface area contributed by atoms with E-state index in [9.17, 15) is 0 Å². The molecule has 0 unspecified atom stereocenters. The number of hydrogen-bond acceptors (Lipinski definition) is 4. The number of aryl methyl sites for hydroxylation is 1. The van der Waals surface area contributed by atoms with E-state index < -0.39 is 0 Å². The minimum Gasteiger partial charge on any atom is -0.366 e. The van der Waals surface area contributed by atoms with Crippen LogP contribution in [-0.4, -0.2) is 5.16 Å². The number of nitrogens with two attached hydrogens (primary N) is 1. The highest BCUT2D eigenvalue weighted by atomic mass is 16.5. The molecule has 4 heteroatoms. The van der Waals surface area contributed by atoms with E-state index in [1.807, 2.05) is 6.07 Å². The molecule has 4 nitrogen and oxygen atoms in total. The summed E-state index contributed by atoms with van der Waals surface area (Å²) in [6.45, 7) is 2.08. The Kier molecular flexibility index (Phi) is 2.70. The van der Waals surface area contributed by atoms with Crippen molar-refractivity contribution in [1.82, 2.24) is 5.16 Å². The highest BCUT2D eigenvalue weighted by Gasteiger charge is 2.11. The Labute approximate surface area is 71.0 Å². The average molecular weight is 165 g/mol. The smallest absolute Gasteiger partial charge is 0.240 e. The van der Waals surface area contributed by atoms with Crippen LogP contribution < -0.4 is 5.73 Å². The molecule has 2 N–H and O–H groups in total. The lowest BCUT2D eigenvalue weighted by Gasteiger charge is -1.91. The van der Waals surface area contributed by atoms with Crippen LogP contribution in [0.1, 0.15) is 31.0 Å². The van der Waals surface area contributed by atoms with Crippen LogP contribution in [0, 0.1) is 11.3 Å². The molecule has 0 atom stereocenters. The largest absolute Gasteiger partial charge is 0.366 e. The Morgan fingerprint density at radius 1 is 1.67 bits per heavy atom. The van der Waals surface area contributed by atoms with Gasteiger partial charge in [0, 0.05) is 0 Å². The molecule has 1 heterocycles. The quantitative estimate of drug-likeness (QED) is 0.735. The van der Waals surface area contributed by atoms with Crippen molar-refractivity contribution in [1.29, 1.82) is 5.26 Å². The molecule has 1 aromatic rings. The van der Waals surface area contributed by atoms with Gasteiger partial charge in [-0.2, -0.15) is 5.26 Å². The molecule has 0 aliphatic carbocycles. The molecular formula is C8H11N3O. The molecule has 1 aromatic heterocycles. The summed E-state index contributed by atoms with van der Waals surface area (Å²) in [7, 11) is 0. The minimum atomic E-state index is 0.128. The van der Waals surface area contributed by atoms with Crippen molar-refractivity contribution >= 4 is 5.88 Å². The normalized spacial score (nSPS) is 9.67. The molecule has 0 amide bonds. The van der Waals surface area contributed by atoms with Crippen molar-refractivity contribution in [2.24, 2.45) is 0 Å². The predicted octanol–water partition coefficient (Wildman–Crippen LogP) is 1.47. The van der Waals surface area contributed by atoms with Crippen LogP contribution in [0.5, 0.6) is 0 Å². The van der Waals surface area contributed by atoms with E-state index in [1.54, 1.807) is 0 Å². The number of aromatic nitrogens is 1. The van der Waals surface area contributed by atoms with Gasteiger partial charge in [0.2, 0.25) is 5.88 Å². The summed E-state index contributed by atoms with van der Waals surface area (Å²) in [5, 5.41) is 12.4. The zero-order valence-electron chi connectivity index (χ0n) is 7.00. The van der Waals surface area contributed by atoms with Crippen molar-refractivity contribution in [2.45, 2.75) is 26.2 Å². The fraction of sp³-hybridized carbons (Fsp3) is 0.500. The number of anilines is 1. The van der Waals surface area contributed by atoms with Crippen LogP contribution in [0.15, 0.2) is 4.52 Å². The topological polar surface area (TPSA) is 75.8 Å². The van der Waals surface area contributed by atoms with Crippen molar-refractivity contribution in [3.05, 3.63) is 11.3 Å². The summed E-state index contributed by atoms with van der Waals surface area (Å²) in [4.78, 5) is 0. The summed E-state index contributed by atoms with van der Waals surface area (Å²) < 4.78 is 4.69. The third kappa shape index (κ3) is 1.56. The Morgan fingerprint density at radius 3 is 3.00 bits per heavy atom. The molecule has 0 saturated carbocycles. The van der Waals surface area contributed by atoms with Gasteiger partial charge in [-0.1, -0.05) is 18.5 Å². The van der Waals surface area contributed by atoms with Gasteiger partial charge >= 0.3 is 0 Å². The first-order chi connectivity index (χ1) is 5.79. The molecule has 0 spiro atoms. The second-order valence-electron chi connectivity index (χ2n) is 2.58. The maximum atomic E-state index is 8.66. The summed E-state index contributed by atoms with van der Waals surface area (Å²) in [5.41, 5.74) is 6.44. The standard InChI is InChI=1S/C8H11N3O/c1-2-3-4-7-6(5-9)8(10)12-11-7/h2-4,10H2,1H3. The Balaban J connectivity index is 2.79. The molecule has 0 aliphatic heterocycles. The Bertz CT molecular complexity index is 298. The van der Waals surface area contributed by atoms with Crippen LogP contribution in [0.4, 0.5) is 5.88 Å². The van der Waals surface area contributed by atoms with Gasteiger partial charge in [0.25, 0.3) is 0 Å². The molecule has 0 aromatic carbocycles. The monoisotopic (exact) mass is 165 g/mol. The van der Waals surface area contributed by atoms with Crippen LogP contribution in [-0.2, 0) is 6.42 Å². The fourth-order valence-electron chi connectivity index (χ4n) is 0.972. The fourth-order valence-corrected chi connectivity index (χ4v) is 0.972. The first-order valence-corrected chi connectivity index (χ1v) is 3.93. The molecule has 12 heavy (non-hydrogen) atoms. The molecule has 64 valence electrons. The number of unbranched alkanes of at least 4 members (excludes halogenated alkanes) is 1. The lowest BCUT2D eigenvalue weighted by atomic mass is 10.1. The van der Waals surface area contributed by atoms with Crippen LogP contribution in [0.2, 0.25) is 0 Å². The van der Waals surface area contributed by atoms with Crippen LogP contribution >= 0.6 is 0 Å². The third-order valence-corrected chi connectivity index (χ3v) is 1.67. The average Bonchev–Trinajstić information content (AvgIpc) is 2.43. The molecule has 0 fully saturated rings. The molecule has 0 aliphatic rings. The second kappa shape index (κ2) is 3.77. The molecule has 1 rings (SSSR count). The van der Waals surface area contributed by atoms with Gasteiger partial charge in [-0.25, -0.2) is 0 Å². The molecule has 0 radical (unpaired) electrons. The van der Waals surface area contributed by atoms with Gasteiger partial charge in [-0.3, -0.25) is 0 Å². The zero-order chi connectivity index (χ0) is 8.97. The van der Waals surface area contributed by atoms with E-state index in [0.717, 1.165) is 19.3 Å². The van der Waals surface area contributed by atoms with E-state index in [-0.39, 0.29) is 5.88 Å². The summed E-state index contributed by atoms with van der Waals surface area (Å²) >= 11 is 0. The van der Waals surface area contributed by atoms with Gasteiger partial charge in [0.05, 0.1) is 0 Å². The van der Waals surface area contributed by atoms with Crippen molar-refractivity contribution in [2.75, 3.05) is 5.73 Å². The van der Waals surface area contributed by atoms with Gasteiger partial charge in [-0.05, 0) is 12.8 Å². The highest BCUT2D eigenvalue weighted by Crippen LogP contribution is 2.16. The van der Waals surface area contributed by atoms with Gasteiger partial charge < -0.3 is 10.3 Å². The maximum absolute atomic E-state index is 8.66. The van der Waals surface area contributed by atoms with Gasteiger partial charge in [0.1, 0.15) is 17.3 Å². The van der Waals surface area contributed by atoms with Crippen molar-refractivity contribution < 1.29 is 4.52 Å². The highest BCUT2D eigenvalue weighted by molar-refractivity contribution is 5.48. The van der Waals surface area contributed by atoms with E-state index in [4.69, 9.17) is 11.0 Å². The summed E-state index contributed by atoms with van der Waals surface area (Å²) in [6, 6.07) is 1.97. The molecule has 0 bridgehead atoms. The van der Waals surface area contributed by atoms with Gasteiger partial charge in [0.15, 0.2) is 0 Å². The van der Waals surface area contributed by atoms with E-state index in [2.05, 4.69) is 16.6 Å². The Hall–Kier alpha value is -1.50. The zero-order valence-corrected chi connectivity index (χ0v) is 7.00. The lowest BCUT2D eigenvalue weighted by Crippen LogP contribution is -1.90. The molecule has 0 saturated heterocycles. The van der Waals surface area contributed by atoms with E-state index in [1.165, 1.54) is 0 Å². The van der Waals surface area contributed by atoms with E-state index >= 15 is 0 Å². The lowest BCUT2D eigenvalue weighted by molar-refractivity contribution is 0.426. The molecular weight excluding hydrogens is 154 g/mol. The summed E-state index contributed by atoms with van der Waals surface area (Å²) in [6.07, 6.45) is 2.83. The third-order valence-electron chi connectivity index (χ3n) is 1.67. The SMILES string of the molecule is CCCCc1noc(N)c1C#N. The van der Waals surface area contributed by atoms with Crippen LogP contribution in [0.3, 0.4) is 0 Å².